The molecule has 0 unspecified atom stereocenters. The zero-order valence-corrected chi connectivity index (χ0v) is 24.1. The number of benzene rings is 2. The summed E-state index contributed by atoms with van der Waals surface area (Å²) in [6, 6.07) is 10.1. The van der Waals surface area contributed by atoms with Crippen LogP contribution in [0.5, 0.6) is 0 Å². The van der Waals surface area contributed by atoms with Crippen molar-refractivity contribution in [3.63, 3.8) is 0 Å². The number of hydrogen-bond donors (Lipinski definition) is 0. The fourth-order valence-electron chi connectivity index (χ4n) is 5.38. The maximum Gasteiger partial charge on any atom is 0.00980 e. The maximum atomic E-state index is 2.53. The average Bonchev–Trinajstić information content (AvgIpc) is 2.72. The first-order valence-electron chi connectivity index (χ1n) is 13.7. The number of hydrogen-bond acceptors (Lipinski definition) is 0. The quantitative estimate of drug-likeness (QED) is 0.358. The third-order valence-corrected chi connectivity index (χ3v) is 7.46. The molecule has 33 heavy (non-hydrogen) atoms. The summed E-state index contributed by atoms with van der Waals surface area (Å²) in [4.78, 5) is 0. The fourth-order valence-corrected chi connectivity index (χ4v) is 5.38. The van der Waals surface area contributed by atoms with Gasteiger partial charge in [-0.3, -0.25) is 0 Å². The van der Waals surface area contributed by atoms with Crippen LogP contribution in [-0.4, -0.2) is 0 Å². The summed E-state index contributed by atoms with van der Waals surface area (Å²) < 4.78 is 0. The van der Waals surface area contributed by atoms with Gasteiger partial charge in [0.25, 0.3) is 0 Å². The van der Waals surface area contributed by atoms with Gasteiger partial charge in [0, 0.05) is 5.92 Å². The zero-order valence-electron chi connectivity index (χ0n) is 24.1. The molecule has 0 aromatic heterocycles. The highest BCUT2D eigenvalue weighted by molar-refractivity contribution is 5.54. The van der Waals surface area contributed by atoms with E-state index in [2.05, 4.69) is 114 Å². The van der Waals surface area contributed by atoms with Crippen LogP contribution in [0, 0.1) is 0 Å². The third-order valence-electron chi connectivity index (χ3n) is 7.46. The Labute approximate surface area is 206 Å². The van der Waals surface area contributed by atoms with Crippen LogP contribution in [0.2, 0.25) is 0 Å². The molecule has 0 heteroatoms. The fraction of sp³-hybridized carbons (Fsp3) is 0.636. The van der Waals surface area contributed by atoms with Crippen LogP contribution in [0.1, 0.15) is 182 Å². The Morgan fingerprint density at radius 2 is 0.667 bits per heavy atom. The second-order valence-corrected chi connectivity index (χ2v) is 12.1. The Morgan fingerprint density at radius 3 is 0.818 bits per heavy atom. The van der Waals surface area contributed by atoms with E-state index in [1.807, 2.05) is 0 Å². The van der Waals surface area contributed by atoms with E-state index >= 15 is 0 Å². The summed E-state index contributed by atoms with van der Waals surface area (Å²) in [5.74, 6) is 3.62. The average molecular weight is 449 g/mol. The molecule has 0 saturated carbocycles. The molecule has 0 fully saturated rings. The van der Waals surface area contributed by atoms with Crippen molar-refractivity contribution in [3.8, 4) is 0 Å². The van der Waals surface area contributed by atoms with Crippen LogP contribution in [0.25, 0.3) is 0 Å². The van der Waals surface area contributed by atoms with Crippen LogP contribution in [-0.2, 0) is 0 Å². The lowest BCUT2D eigenvalue weighted by Crippen LogP contribution is -2.16. The van der Waals surface area contributed by atoms with E-state index in [4.69, 9.17) is 0 Å². The molecule has 0 bridgehead atoms. The molecule has 2 aromatic carbocycles. The van der Waals surface area contributed by atoms with Gasteiger partial charge in [-0.2, -0.15) is 0 Å². The molecular weight excluding hydrogens is 396 g/mol. The van der Waals surface area contributed by atoms with Crippen molar-refractivity contribution in [2.45, 2.75) is 138 Å². The minimum absolute atomic E-state index is 0.442. The lowest BCUT2D eigenvalue weighted by molar-refractivity contribution is 0.674. The van der Waals surface area contributed by atoms with Gasteiger partial charge in [-0.05, 0) is 86.4 Å². The monoisotopic (exact) mass is 448 g/mol. The van der Waals surface area contributed by atoms with Gasteiger partial charge in [0.1, 0.15) is 0 Å². The molecule has 0 aliphatic heterocycles. The smallest absolute Gasteiger partial charge is 0.00980 e. The molecule has 0 atom stereocenters. The van der Waals surface area contributed by atoms with Crippen molar-refractivity contribution in [1.82, 2.24) is 0 Å². The summed E-state index contributed by atoms with van der Waals surface area (Å²) in [5, 5.41) is 0. The molecule has 0 spiro atoms. The molecule has 184 valence electrons. The Hall–Kier alpha value is -1.56. The van der Waals surface area contributed by atoms with Gasteiger partial charge in [-0.15, -0.1) is 0 Å². The first-order chi connectivity index (χ1) is 15.3. The summed E-state index contributed by atoms with van der Waals surface area (Å²) in [5.41, 5.74) is 12.5. The first-order valence-corrected chi connectivity index (χ1v) is 13.7. The van der Waals surface area contributed by atoms with Gasteiger partial charge in [0.2, 0.25) is 0 Å². The highest BCUT2D eigenvalue weighted by Gasteiger charge is 2.29. The van der Waals surface area contributed by atoms with Crippen LogP contribution >= 0.6 is 0 Å². The van der Waals surface area contributed by atoms with Gasteiger partial charge in [0.05, 0.1) is 0 Å². The molecular formula is C33H52. The molecule has 0 nitrogen and oxygen atoms in total. The number of rotatable bonds is 9. The summed E-state index contributed by atoms with van der Waals surface area (Å²) >= 11 is 0. The van der Waals surface area contributed by atoms with E-state index in [1.54, 1.807) is 33.4 Å². The first kappa shape index (κ1) is 27.7. The lowest BCUT2D eigenvalue weighted by atomic mass is 9.71. The van der Waals surface area contributed by atoms with E-state index < -0.39 is 0 Å². The minimum Gasteiger partial charge on any atom is -0.0645 e. The normalized spacial score (nSPS) is 12.6. The standard InChI is InChI=1S/C33H52/c1-14-27(32-28(21(6)7)15-25(19(2)3)16-29(32)22(8)9)33-30(23(10)11)17-26(20(4)5)18-31(33)24(12)13/h15-24,27H,14H2,1-13H3. The van der Waals surface area contributed by atoms with Crippen molar-refractivity contribution in [3.05, 3.63) is 68.8 Å². The van der Waals surface area contributed by atoms with Crippen molar-refractivity contribution < 1.29 is 0 Å². The Balaban J connectivity index is 3.01. The molecule has 0 aliphatic carbocycles. The molecule has 0 saturated heterocycles. The Kier molecular flexibility index (Phi) is 9.43. The Bertz CT molecular complexity index is 788. The van der Waals surface area contributed by atoms with E-state index in [1.165, 1.54) is 11.1 Å². The predicted molar refractivity (Wildman–Crippen MR) is 150 cm³/mol. The van der Waals surface area contributed by atoms with Crippen LogP contribution < -0.4 is 0 Å². The molecule has 2 rings (SSSR count). The van der Waals surface area contributed by atoms with Crippen LogP contribution in [0.15, 0.2) is 24.3 Å². The molecule has 0 heterocycles. The topological polar surface area (TPSA) is 0 Å². The van der Waals surface area contributed by atoms with Crippen molar-refractivity contribution in [2.75, 3.05) is 0 Å². The Morgan fingerprint density at radius 1 is 0.424 bits per heavy atom. The molecule has 0 aliphatic rings. The van der Waals surface area contributed by atoms with Crippen molar-refractivity contribution in [2.24, 2.45) is 0 Å². The lowest BCUT2D eigenvalue weighted by Gasteiger charge is -2.33. The molecule has 2 aromatic rings. The highest BCUT2D eigenvalue weighted by atomic mass is 14.3. The van der Waals surface area contributed by atoms with Gasteiger partial charge in [-0.25, -0.2) is 0 Å². The van der Waals surface area contributed by atoms with E-state index in [-0.39, 0.29) is 0 Å². The maximum absolute atomic E-state index is 2.53. The molecule has 0 radical (unpaired) electrons. The van der Waals surface area contributed by atoms with Gasteiger partial charge in [0.15, 0.2) is 0 Å². The van der Waals surface area contributed by atoms with E-state index in [0.717, 1.165) is 6.42 Å². The molecule has 0 amide bonds. The second-order valence-electron chi connectivity index (χ2n) is 12.1. The largest absolute Gasteiger partial charge is 0.0645 e. The van der Waals surface area contributed by atoms with Crippen LogP contribution in [0.3, 0.4) is 0 Å². The van der Waals surface area contributed by atoms with E-state index in [9.17, 15) is 0 Å². The summed E-state index contributed by atoms with van der Waals surface area (Å²) in [6.45, 7) is 30.8. The SMILES string of the molecule is CCC(c1c(C(C)C)cc(C(C)C)cc1C(C)C)c1c(C(C)C)cc(C(C)C)cc1C(C)C. The van der Waals surface area contributed by atoms with Crippen LogP contribution in [0.4, 0.5) is 0 Å². The minimum atomic E-state index is 0.442. The van der Waals surface area contributed by atoms with Gasteiger partial charge < -0.3 is 0 Å². The van der Waals surface area contributed by atoms with Crippen molar-refractivity contribution in [1.29, 1.82) is 0 Å². The summed E-state index contributed by atoms with van der Waals surface area (Å²) in [7, 11) is 0. The third kappa shape index (κ3) is 5.93. The zero-order chi connectivity index (χ0) is 25.2. The second kappa shape index (κ2) is 11.2. The molecule has 0 N–H and O–H groups in total. The van der Waals surface area contributed by atoms with E-state index in [0.29, 0.717) is 41.4 Å². The summed E-state index contributed by atoms with van der Waals surface area (Å²) in [6.07, 6.45) is 1.14. The predicted octanol–water partition coefficient (Wildman–Crippen LogP) is 11.0. The highest BCUT2D eigenvalue weighted by Crippen LogP contribution is 2.45. The van der Waals surface area contributed by atoms with Gasteiger partial charge in [-0.1, -0.05) is 114 Å². The van der Waals surface area contributed by atoms with Gasteiger partial charge >= 0.3 is 0 Å². The van der Waals surface area contributed by atoms with Crippen molar-refractivity contribution >= 4 is 0 Å².